The van der Waals surface area contributed by atoms with Crippen LogP contribution in [-0.2, 0) is 4.79 Å². The van der Waals surface area contributed by atoms with Crippen molar-refractivity contribution in [3.63, 3.8) is 0 Å². The molecule has 7 nitrogen and oxygen atoms in total. The van der Waals surface area contributed by atoms with Crippen molar-refractivity contribution in [3.8, 4) is 11.3 Å². The fraction of sp³-hybridized carbons (Fsp3) is 0.0714. The number of imide groups is 1. The number of furan rings is 1. The molecule has 1 aliphatic rings. The van der Waals surface area contributed by atoms with Crippen molar-refractivity contribution in [2.75, 3.05) is 0 Å². The van der Waals surface area contributed by atoms with Gasteiger partial charge in [-0.05, 0) is 30.3 Å². The van der Waals surface area contributed by atoms with Gasteiger partial charge in [-0.1, -0.05) is 23.2 Å². The third-order valence-electron chi connectivity index (χ3n) is 3.04. The van der Waals surface area contributed by atoms with E-state index in [4.69, 9.17) is 27.6 Å². The molecule has 23 heavy (non-hydrogen) atoms. The molecule has 0 saturated carbocycles. The Balaban J connectivity index is 1.79. The second-order valence-corrected chi connectivity index (χ2v) is 5.40. The van der Waals surface area contributed by atoms with Crippen molar-refractivity contribution in [1.29, 1.82) is 0 Å². The Hall–Kier alpha value is -2.35. The lowest BCUT2D eigenvalue weighted by Crippen LogP contribution is -2.30. The van der Waals surface area contributed by atoms with E-state index in [0.717, 1.165) is 0 Å². The number of hydrogen-bond donors (Lipinski definition) is 2. The van der Waals surface area contributed by atoms with Crippen LogP contribution in [0, 0.1) is 0 Å². The summed E-state index contributed by atoms with van der Waals surface area (Å²) in [6.45, 7) is 0. The predicted molar refractivity (Wildman–Crippen MR) is 83.1 cm³/mol. The number of aliphatic hydroxyl groups is 1. The summed E-state index contributed by atoms with van der Waals surface area (Å²) in [4.78, 5) is 22.5. The SMILES string of the molecule is O=C1NC(=O)N(/N=C/c2ccc(-c3ccc(Cl)c(Cl)c3)o2)[C@@H]1O. The Kier molecular flexibility index (Phi) is 4.08. The zero-order chi connectivity index (χ0) is 16.6. The van der Waals surface area contributed by atoms with Crippen molar-refractivity contribution >= 4 is 41.4 Å². The van der Waals surface area contributed by atoms with E-state index in [2.05, 4.69) is 5.10 Å². The van der Waals surface area contributed by atoms with Crippen molar-refractivity contribution in [2.45, 2.75) is 6.23 Å². The van der Waals surface area contributed by atoms with E-state index in [1.807, 2.05) is 5.32 Å². The van der Waals surface area contributed by atoms with Crippen molar-refractivity contribution in [2.24, 2.45) is 5.10 Å². The third kappa shape index (κ3) is 3.07. The summed E-state index contributed by atoms with van der Waals surface area (Å²) < 4.78 is 5.55. The summed E-state index contributed by atoms with van der Waals surface area (Å²) in [6, 6.07) is 7.53. The highest BCUT2D eigenvalue weighted by molar-refractivity contribution is 6.42. The van der Waals surface area contributed by atoms with Crippen LogP contribution >= 0.6 is 23.2 Å². The normalized spacial score (nSPS) is 18.0. The maximum Gasteiger partial charge on any atom is 0.347 e. The molecule has 9 heteroatoms. The minimum absolute atomic E-state index is 0.324. The number of aliphatic hydroxyl groups excluding tert-OH is 1. The number of hydrogen-bond acceptors (Lipinski definition) is 5. The van der Waals surface area contributed by atoms with E-state index in [0.29, 0.717) is 32.1 Å². The molecule has 2 aromatic rings. The molecule has 0 spiro atoms. The predicted octanol–water partition coefficient (Wildman–Crippen LogP) is 2.46. The lowest BCUT2D eigenvalue weighted by molar-refractivity contribution is -0.130. The highest BCUT2D eigenvalue weighted by Gasteiger charge is 2.37. The van der Waals surface area contributed by atoms with Crippen LogP contribution in [0.15, 0.2) is 39.9 Å². The maximum absolute atomic E-state index is 11.4. The van der Waals surface area contributed by atoms with E-state index in [1.165, 1.54) is 6.21 Å². The smallest absolute Gasteiger partial charge is 0.347 e. The van der Waals surface area contributed by atoms with Gasteiger partial charge in [0.15, 0.2) is 0 Å². The van der Waals surface area contributed by atoms with Gasteiger partial charge in [0, 0.05) is 5.56 Å². The Labute approximate surface area is 140 Å². The molecular formula is C14H9Cl2N3O4. The number of nitrogens with one attached hydrogen (secondary N) is 1. The highest BCUT2D eigenvalue weighted by atomic mass is 35.5. The molecule has 1 aromatic heterocycles. The quantitative estimate of drug-likeness (QED) is 0.654. The first kappa shape index (κ1) is 15.5. The second-order valence-electron chi connectivity index (χ2n) is 4.59. The van der Waals surface area contributed by atoms with Gasteiger partial charge in [0.1, 0.15) is 11.5 Å². The molecule has 2 heterocycles. The van der Waals surface area contributed by atoms with Crippen molar-refractivity contribution in [3.05, 3.63) is 46.1 Å². The summed E-state index contributed by atoms with van der Waals surface area (Å²) >= 11 is 11.8. The van der Waals surface area contributed by atoms with Gasteiger partial charge in [0.2, 0.25) is 6.23 Å². The van der Waals surface area contributed by atoms with Crippen LogP contribution < -0.4 is 5.32 Å². The van der Waals surface area contributed by atoms with Crippen LogP contribution in [0.3, 0.4) is 0 Å². The number of carbonyl (C=O) groups is 2. The van der Waals surface area contributed by atoms with Gasteiger partial charge in [0.25, 0.3) is 5.91 Å². The molecule has 0 aliphatic carbocycles. The Morgan fingerprint density at radius 2 is 2.00 bits per heavy atom. The Bertz CT molecular complexity index is 818. The molecule has 1 aromatic carbocycles. The van der Waals surface area contributed by atoms with E-state index in [1.54, 1.807) is 30.3 Å². The molecule has 1 atom stereocenters. The monoisotopic (exact) mass is 353 g/mol. The third-order valence-corrected chi connectivity index (χ3v) is 3.78. The number of hydrazone groups is 1. The first-order valence-electron chi connectivity index (χ1n) is 6.37. The number of benzene rings is 1. The molecule has 0 unspecified atom stereocenters. The maximum atomic E-state index is 11.4. The van der Waals surface area contributed by atoms with Crippen LogP contribution in [-0.4, -0.2) is 34.5 Å². The molecule has 1 fully saturated rings. The van der Waals surface area contributed by atoms with Gasteiger partial charge in [-0.2, -0.15) is 10.1 Å². The van der Waals surface area contributed by atoms with Crippen LogP contribution in [0.5, 0.6) is 0 Å². The Morgan fingerprint density at radius 3 is 2.65 bits per heavy atom. The van der Waals surface area contributed by atoms with Crippen molar-refractivity contribution < 1.29 is 19.1 Å². The average Bonchev–Trinajstić information content (AvgIpc) is 3.07. The van der Waals surface area contributed by atoms with Gasteiger partial charge in [0.05, 0.1) is 16.3 Å². The minimum atomic E-state index is -1.65. The summed E-state index contributed by atoms with van der Waals surface area (Å²) in [5, 5.41) is 16.6. The van der Waals surface area contributed by atoms with Crippen LogP contribution in [0.4, 0.5) is 4.79 Å². The standard InChI is InChI=1S/C14H9Cl2N3O4/c15-9-3-1-7(5-10(9)16)11-4-2-8(23-11)6-17-19-13(21)12(20)18-14(19)22/h1-6,13,21H,(H,18,20,22)/b17-6+/t13-/m1/s1. The van der Waals surface area contributed by atoms with Crippen LogP contribution in [0.25, 0.3) is 11.3 Å². The number of nitrogens with zero attached hydrogens (tertiary/aromatic N) is 2. The van der Waals surface area contributed by atoms with Crippen molar-refractivity contribution in [1.82, 2.24) is 10.3 Å². The molecule has 118 valence electrons. The number of amides is 3. The van der Waals surface area contributed by atoms with Gasteiger partial charge < -0.3 is 9.52 Å². The van der Waals surface area contributed by atoms with Gasteiger partial charge in [-0.25, -0.2) is 4.79 Å². The number of rotatable bonds is 3. The summed E-state index contributed by atoms with van der Waals surface area (Å²) in [5.74, 6) is 0.0148. The largest absolute Gasteiger partial charge is 0.455 e. The number of carbonyl (C=O) groups excluding carboxylic acids is 2. The van der Waals surface area contributed by atoms with E-state index < -0.39 is 18.2 Å². The second kappa shape index (κ2) is 6.04. The van der Waals surface area contributed by atoms with E-state index in [-0.39, 0.29) is 0 Å². The number of urea groups is 1. The van der Waals surface area contributed by atoms with Gasteiger partial charge >= 0.3 is 6.03 Å². The fourth-order valence-electron chi connectivity index (χ4n) is 1.91. The van der Waals surface area contributed by atoms with E-state index >= 15 is 0 Å². The molecule has 1 saturated heterocycles. The lowest BCUT2D eigenvalue weighted by Gasteiger charge is -2.08. The molecule has 3 rings (SSSR count). The summed E-state index contributed by atoms with van der Waals surface area (Å²) in [7, 11) is 0. The molecule has 3 amide bonds. The fourth-order valence-corrected chi connectivity index (χ4v) is 2.21. The minimum Gasteiger partial charge on any atom is -0.455 e. The summed E-state index contributed by atoms with van der Waals surface area (Å²) in [5.41, 5.74) is 0.716. The average molecular weight is 354 g/mol. The highest BCUT2D eigenvalue weighted by Crippen LogP contribution is 2.29. The molecule has 0 bridgehead atoms. The first-order valence-corrected chi connectivity index (χ1v) is 7.12. The molecule has 0 radical (unpaired) electrons. The number of halogens is 2. The van der Waals surface area contributed by atoms with Gasteiger partial charge in [-0.15, -0.1) is 0 Å². The van der Waals surface area contributed by atoms with Crippen LogP contribution in [0.2, 0.25) is 10.0 Å². The first-order chi connectivity index (χ1) is 11.0. The Morgan fingerprint density at radius 1 is 1.22 bits per heavy atom. The zero-order valence-corrected chi connectivity index (χ0v) is 12.9. The van der Waals surface area contributed by atoms with E-state index in [9.17, 15) is 14.7 Å². The van der Waals surface area contributed by atoms with Crippen LogP contribution in [0.1, 0.15) is 5.76 Å². The molecule has 1 aliphatic heterocycles. The topological polar surface area (TPSA) is 95.1 Å². The summed E-state index contributed by atoms with van der Waals surface area (Å²) in [6.07, 6.45) is -0.439. The zero-order valence-electron chi connectivity index (χ0n) is 11.4. The molecular weight excluding hydrogens is 345 g/mol. The lowest BCUT2D eigenvalue weighted by atomic mass is 10.2. The van der Waals surface area contributed by atoms with Gasteiger partial charge in [-0.3, -0.25) is 10.1 Å². The molecule has 2 N–H and O–H groups in total.